The van der Waals surface area contributed by atoms with E-state index in [2.05, 4.69) is 0 Å². The van der Waals surface area contributed by atoms with E-state index >= 15 is 0 Å². The maximum atomic E-state index is 11.4. The number of aliphatic carboxylic acids is 1. The third-order valence-electron chi connectivity index (χ3n) is 3.47. The molecule has 13 heavy (non-hydrogen) atoms. The van der Waals surface area contributed by atoms with Gasteiger partial charge in [0.25, 0.3) is 0 Å². The van der Waals surface area contributed by atoms with Crippen molar-refractivity contribution in [2.75, 3.05) is 0 Å². The molecule has 0 aromatic heterocycles. The number of carboxylic acid groups (broad SMARTS) is 1. The third kappa shape index (κ3) is 1.60. The van der Waals surface area contributed by atoms with Crippen molar-refractivity contribution in [2.45, 2.75) is 33.6 Å². The molecule has 0 aliphatic heterocycles. The van der Waals surface area contributed by atoms with Gasteiger partial charge in [-0.3, -0.25) is 9.59 Å². The summed E-state index contributed by atoms with van der Waals surface area (Å²) in [6, 6.07) is 0. The summed E-state index contributed by atoms with van der Waals surface area (Å²) < 4.78 is 0. The number of rotatable bonds is 1. The van der Waals surface area contributed by atoms with Gasteiger partial charge in [-0.2, -0.15) is 0 Å². The van der Waals surface area contributed by atoms with Crippen LogP contribution in [-0.4, -0.2) is 16.9 Å². The number of hydrogen-bond acceptors (Lipinski definition) is 2. The van der Waals surface area contributed by atoms with Gasteiger partial charge in [0.1, 0.15) is 5.78 Å². The SMILES string of the molecule is C[C@H]1C(=O)CC[C@@H](C(=O)O)C1(C)C. The van der Waals surface area contributed by atoms with Crippen LogP contribution >= 0.6 is 0 Å². The Balaban J connectivity index is 2.92. The molecule has 0 heterocycles. The second-order valence-corrected chi connectivity index (χ2v) is 4.44. The summed E-state index contributed by atoms with van der Waals surface area (Å²) in [5, 5.41) is 8.97. The zero-order valence-corrected chi connectivity index (χ0v) is 8.33. The summed E-state index contributed by atoms with van der Waals surface area (Å²) in [7, 11) is 0. The lowest BCUT2D eigenvalue weighted by atomic mass is 9.62. The summed E-state index contributed by atoms with van der Waals surface area (Å²) in [4.78, 5) is 22.3. The Morgan fingerprint density at radius 1 is 1.54 bits per heavy atom. The maximum Gasteiger partial charge on any atom is 0.307 e. The van der Waals surface area contributed by atoms with Gasteiger partial charge in [-0.05, 0) is 11.8 Å². The molecule has 1 N–H and O–H groups in total. The molecule has 0 amide bonds. The van der Waals surface area contributed by atoms with Crippen LogP contribution in [0.2, 0.25) is 0 Å². The van der Waals surface area contributed by atoms with E-state index in [1.165, 1.54) is 0 Å². The van der Waals surface area contributed by atoms with Crippen molar-refractivity contribution in [1.82, 2.24) is 0 Å². The van der Waals surface area contributed by atoms with E-state index in [0.29, 0.717) is 12.8 Å². The highest BCUT2D eigenvalue weighted by Crippen LogP contribution is 2.43. The molecule has 1 fully saturated rings. The van der Waals surface area contributed by atoms with Gasteiger partial charge in [0.05, 0.1) is 5.92 Å². The molecule has 0 bridgehead atoms. The molecule has 0 radical (unpaired) electrons. The van der Waals surface area contributed by atoms with Crippen molar-refractivity contribution in [2.24, 2.45) is 17.3 Å². The topological polar surface area (TPSA) is 54.4 Å². The lowest BCUT2D eigenvalue weighted by Crippen LogP contribution is -2.43. The molecule has 3 nitrogen and oxygen atoms in total. The van der Waals surface area contributed by atoms with Crippen molar-refractivity contribution in [1.29, 1.82) is 0 Å². The van der Waals surface area contributed by atoms with E-state index in [0.717, 1.165) is 0 Å². The molecule has 0 unspecified atom stereocenters. The van der Waals surface area contributed by atoms with Gasteiger partial charge >= 0.3 is 5.97 Å². The largest absolute Gasteiger partial charge is 0.481 e. The number of Topliss-reactive ketones (excluding diaryl/α,β-unsaturated/α-hetero) is 1. The Morgan fingerprint density at radius 2 is 2.08 bits per heavy atom. The molecule has 1 aliphatic carbocycles. The van der Waals surface area contributed by atoms with Crippen LogP contribution in [0.3, 0.4) is 0 Å². The van der Waals surface area contributed by atoms with Crippen LogP contribution in [0, 0.1) is 17.3 Å². The average Bonchev–Trinajstić information content (AvgIpc) is 1.99. The summed E-state index contributed by atoms with van der Waals surface area (Å²) in [5.74, 6) is -1.09. The monoisotopic (exact) mass is 184 g/mol. The van der Waals surface area contributed by atoms with Crippen LogP contribution in [0.15, 0.2) is 0 Å². The van der Waals surface area contributed by atoms with Crippen LogP contribution in [-0.2, 0) is 9.59 Å². The molecule has 0 spiro atoms. The highest BCUT2D eigenvalue weighted by Gasteiger charge is 2.45. The maximum absolute atomic E-state index is 11.4. The second-order valence-electron chi connectivity index (χ2n) is 4.44. The minimum Gasteiger partial charge on any atom is -0.481 e. The quantitative estimate of drug-likeness (QED) is 0.675. The van der Waals surface area contributed by atoms with Gasteiger partial charge in [0.2, 0.25) is 0 Å². The number of hydrogen-bond donors (Lipinski definition) is 1. The molecule has 0 saturated heterocycles. The molecule has 1 aliphatic rings. The summed E-state index contributed by atoms with van der Waals surface area (Å²) in [6.45, 7) is 5.57. The molecule has 2 atom stereocenters. The van der Waals surface area contributed by atoms with Gasteiger partial charge in [-0.1, -0.05) is 20.8 Å². The molecular weight excluding hydrogens is 168 g/mol. The lowest BCUT2D eigenvalue weighted by Gasteiger charge is -2.40. The van der Waals surface area contributed by atoms with E-state index in [-0.39, 0.29) is 17.6 Å². The van der Waals surface area contributed by atoms with Gasteiger partial charge in [0.15, 0.2) is 0 Å². The average molecular weight is 184 g/mol. The predicted octanol–water partition coefficient (Wildman–Crippen LogP) is 1.71. The van der Waals surface area contributed by atoms with E-state index in [1.54, 1.807) is 0 Å². The van der Waals surface area contributed by atoms with Gasteiger partial charge < -0.3 is 5.11 Å². The number of carbonyl (C=O) groups is 2. The summed E-state index contributed by atoms with van der Waals surface area (Å²) >= 11 is 0. The minimum atomic E-state index is -0.774. The van der Waals surface area contributed by atoms with Crippen molar-refractivity contribution in [3.63, 3.8) is 0 Å². The van der Waals surface area contributed by atoms with Crippen LogP contribution in [0.1, 0.15) is 33.6 Å². The van der Waals surface area contributed by atoms with Crippen LogP contribution in [0.25, 0.3) is 0 Å². The Bertz CT molecular complexity index is 243. The number of carbonyl (C=O) groups excluding carboxylic acids is 1. The van der Waals surface area contributed by atoms with Crippen molar-refractivity contribution in [3.8, 4) is 0 Å². The smallest absolute Gasteiger partial charge is 0.307 e. The summed E-state index contributed by atoms with van der Waals surface area (Å²) in [6.07, 6.45) is 0.910. The molecule has 3 heteroatoms. The molecule has 1 saturated carbocycles. The van der Waals surface area contributed by atoms with Crippen LogP contribution in [0.4, 0.5) is 0 Å². The molecular formula is C10H16O3. The van der Waals surface area contributed by atoms with Gasteiger partial charge in [-0.15, -0.1) is 0 Å². The fraction of sp³-hybridized carbons (Fsp3) is 0.800. The molecule has 0 aromatic rings. The van der Waals surface area contributed by atoms with E-state index < -0.39 is 11.4 Å². The van der Waals surface area contributed by atoms with Gasteiger partial charge in [-0.25, -0.2) is 0 Å². The zero-order chi connectivity index (χ0) is 10.2. The lowest BCUT2D eigenvalue weighted by molar-refractivity contribution is -0.152. The van der Waals surface area contributed by atoms with E-state index in [1.807, 2.05) is 20.8 Å². The fourth-order valence-corrected chi connectivity index (χ4v) is 2.03. The van der Waals surface area contributed by atoms with E-state index in [4.69, 9.17) is 5.11 Å². The zero-order valence-electron chi connectivity index (χ0n) is 8.33. The Labute approximate surface area is 78.1 Å². The normalized spacial score (nSPS) is 33.0. The van der Waals surface area contributed by atoms with Crippen LogP contribution in [0.5, 0.6) is 0 Å². The summed E-state index contributed by atoms with van der Waals surface area (Å²) in [5.41, 5.74) is -0.402. The fourth-order valence-electron chi connectivity index (χ4n) is 2.03. The van der Waals surface area contributed by atoms with Crippen molar-refractivity contribution < 1.29 is 14.7 Å². The first-order valence-corrected chi connectivity index (χ1v) is 4.63. The van der Waals surface area contributed by atoms with Crippen molar-refractivity contribution in [3.05, 3.63) is 0 Å². The van der Waals surface area contributed by atoms with Crippen LogP contribution < -0.4 is 0 Å². The predicted molar refractivity (Wildman–Crippen MR) is 48.3 cm³/mol. The first kappa shape index (κ1) is 10.2. The molecule has 74 valence electrons. The number of ketones is 1. The van der Waals surface area contributed by atoms with E-state index in [9.17, 15) is 9.59 Å². The van der Waals surface area contributed by atoms with Gasteiger partial charge in [0, 0.05) is 12.3 Å². The molecule has 0 aromatic carbocycles. The Hall–Kier alpha value is -0.860. The first-order valence-electron chi connectivity index (χ1n) is 4.63. The minimum absolute atomic E-state index is 0.137. The Kier molecular flexibility index (Phi) is 2.46. The molecule has 1 rings (SSSR count). The highest BCUT2D eigenvalue weighted by molar-refractivity contribution is 5.85. The highest BCUT2D eigenvalue weighted by atomic mass is 16.4. The first-order chi connectivity index (χ1) is 5.87. The van der Waals surface area contributed by atoms with Crippen molar-refractivity contribution >= 4 is 11.8 Å². The second kappa shape index (κ2) is 3.13. The number of carboxylic acids is 1. The standard InChI is InChI=1S/C10H16O3/c1-6-8(11)5-4-7(9(12)13)10(6,2)3/h6-7H,4-5H2,1-3H3,(H,12,13)/t6-,7-/m0/s1. The Morgan fingerprint density at radius 3 is 2.54 bits per heavy atom. The third-order valence-corrected chi connectivity index (χ3v) is 3.47.